The molecular formula is C16H21NO5. The van der Waals surface area contributed by atoms with Crippen LogP contribution in [0.4, 0.5) is 0 Å². The van der Waals surface area contributed by atoms with Crippen molar-refractivity contribution in [3.05, 3.63) is 29.8 Å². The second-order valence-corrected chi connectivity index (χ2v) is 4.39. The number of hydrogen-bond acceptors (Lipinski definition) is 5. The van der Waals surface area contributed by atoms with Crippen LogP contribution in [-0.2, 0) is 14.3 Å². The molecule has 0 spiro atoms. The molecule has 0 heterocycles. The Morgan fingerprint density at radius 1 is 1.27 bits per heavy atom. The summed E-state index contributed by atoms with van der Waals surface area (Å²) in [5.41, 5.74) is 0.671. The van der Waals surface area contributed by atoms with Crippen LogP contribution in [0.3, 0.4) is 0 Å². The summed E-state index contributed by atoms with van der Waals surface area (Å²) in [7, 11) is 3.05. The number of carbonyl (C=O) groups is 2. The maximum absolute atomic E-state index is 11.7. The van der Waals surface area contributed by atoms with Gasteiger partial charge in [-0.05, 0) is 26.0 Å². The predicted octanol–water partition coefficient (Wildman–Crippen LogP) is 1.78. The Hall–Kier alpha value is -2.50. The van der Waals surface area contributed by atoms with Crippen molar-refractivity contribution in [1.82, 2.24) is 5.32 Å². The van der Waals surface area contributed by atoms with Crippen molar-refractivity contribution in [1.29, 1.82) is 0 Å². The quantitative estimate of drug-likeness (QED) is 0.614. The molecule has 1 rings (SSSR count). The summed E-state index contributed by atoms with van der Waals surface area (Å²) in [5.74, 6) is 0.145. The molecule has 1 amide bonds. The van der Waals surface area contributed by atoms with Crippen LogP contribution in [0.25, 0.3) is 6.08 Å². The number of carbonyl (C=O) groups excluding carboxylic acids is 2. The van der Waals surface area contributed by atoms with Gasteiger partial charge in [0.1, 0.15) is 0 Å². The molecule has 6 nitrogen and oxygen atoms in total. The van der Waals surface area contributed by atoms with E-state index in [9.17, 15) is 9.59 Å². The Balaban J connectivity index is 2.76. The third-order valence-electron chi connectivity index (χ3n) is 2.85. The van der Waals surface area contributed by atoms with Crippen LogP contribution in [0.5, 0.6) is 11.5 Å². The second-order valence-electron chi connectivity index (χ2n) is 4.39. The summed E-state index contributed by atoms with van der Waals surface area (Å²) in [6.07, 6.45) is 1.95. The van der Waals surface area contributed by atoms with Crippen LogP contribution in [-0.4, -0.2) is 38.7 Å². The van der Waals surface area contributed by atoms with Gasteiger partial charge >= 0.3 is 5.97 Å². The molecule has 6 heteroatoms. The standard InChI is InChI=1S/C16H21NO5/c1-5-17-16(19)11(2)22-14(18)10-9-12-7-6-8-13(20-3)15(12)21-4/h6-11H,5H2,1-4H3,(H,17,19)/b10-9+/t11-/m1/s1. The highest BCUT2D eigenvalue weighted by molar-refractivity contribution is 5.90. The molecule has 0 fully saturated rings. The van der Waals surface area contributed by atoms with Gasteiger partial charge in [-0.2, -0.15) is 0 Å². The molecule has 0 aromatic heterocycles. The van der Waals surface area contributed by atoms with Gasteiger partial charge < -0.3 is 19.5 Å². The number of esters is 1. The third kappa shape index (κ3) is 4.80. The van der Waals surface area contributed by atoms with E-state index in [1.807, 2.05) is 0 Å². The minimum absolute atomic E-state index is 0.330. The molecule has 22 heavy (non-hydrogen) atoms. The van der Waals surface area contributed by atoms with E-state index in [-0.39, 0.29) is 5.91 Å². The van der Waals surface area contributed by atoms with E-state index in [0.29, 0.717) is 23.6 Å². The predicted molar refractivity (Wildman–Crippen MR) is 82.8 cm³/mol. The minimum atomic E-state index is -0.843. The van der Waals surface area contributed by atoms with Crippen LogP contribution >= 0.6 is 0 Å². The number of benzene rings is 1. The molecule has 1 aromatic carbocycles. The first kappa shape index (κ1) is 17.6. The fourth-order valence-electron chi connectivity index (χ4n) is 1.79. The fraction of sp³-hybridized carbons (Fsp3) is 0.375. The third-order valence-corrected chi connectivity index (χ3v) is 2.85. The van der Waals surface area contributed by atoms with Crippen molar-refractivity contribution in [3.63, 3.8) is 0 Å². The zero-order chi connectivity index (χ0) is 16.5. The van der Waals surface area contributed by atoms with Gasteiger partial charge in [-0.1, -0.05) is 12.1 Å². The van der Waals surface area contributed by atoms with Crippen LogP contribution < -0.4 is 14.8 Å². The highest BCUT2D eigenvalue weighted by Gasteiger charge is 2.15. The molecular weight excluding hydrogens is 286 g/mol. The molecule has 0 saturated carbocycles. The van der Waals surface area contributed by atoms with Crippen LogP contribution in [0.15, 0.2) is 24.3 Å². The lowest BCUT2D eigenvalue weighted by Crippen LogP contribution is -2.35. The van der Waals surface area contributed by atoms with Gasteiger partial charge in [0.25, 0.3) is 5.91 Å². The number of ether oxygens (including phenoxy) is 3. The lowest BCUT2D eigenvalue weighted by atomic mass is 10.1. The Labute approximate surface area is 130 Å². The van der Waals surface area contributed by atoms with Crippen molar-refractivity contribution in [3.8, 4) is 11.5 Å². The zero-order valence-corrected chi connectivity index (χ0v) is 13.2. The molecule has 0 radical (unpaired) electrons. The van der Waals surface area contributed by atoms with Gasteiger partial charge in [-0.3, -0.25) is 4.79 Å². The van der Waals surface area contributed by atoms with Gasteiger partial charge in [0.2, 0.25) is 0 Å². The Morgan fingerprint density at radius 2 is 2.00 bits per heavy atom. The van der Waals surface area contributed by atoms with Gasteiger partial charge in [-0.25, -0.2) is 4.79 Å². The second kappa shape index (κ2) is 8.71. The van der Waals surface area contributed by atoms with Crippen molar-refractivity contribution in [2.45, 2.75) is 20.0 Å². The van der Waals surface area contributed by atoms with E-state index in [1.165, 1.54) is 27.2 Å². The van der Waals surface area contributed by atoms with E-state index >= 15 is 0 Å². The molecule has 0 aliphatic carbocycles. The maximum Gasteiger partial charge on any atom is 0.331 e. The number of hydrogen-bond donors (Lipinski definition) is 1. The topological polar surface area (TPSA) is 73.9 Å². The van der Waals surface area contributed by atoms with E-state index in [1.54, 1.807) is 31.2 Å². The molecule has 1 aromatic rings. The smallest absolute Gasteiger partial charge is 0.331 e. The summed E-state index contributed by atoms with van der Waals surface area (Å²) in [6, 6.07) is 5.31. The molecule has 1 N–H and O–H groups in total. The SMILES string of the molecule is CCNC(=O)[C@@H](C)OC(=O)/C=C/c1cccc(OC)c1OC. The summed E-state index contributed by atoms with van der Waals surface area (Å²) in [6.45, 7) is 3.79. The molecule has 0 aliphatic rings. The lowest BCUT2D eigenvalue weighted by Gasteiger charge is -2.11. The van der Waals surface area contributed by atoms with Gasteiger partial charge in [-0.15, -0.1) is 0 Å². The van der Waals surface area contributed by atoms with Gasteiger partial charge in [0.05, 0.1) is 14.2 Å². The Kier molecular flexibility index (Phi) is 6.95. The first-order valence-corrected chi connectivity index (χ1v) is 6.90. The van der Waals surface area contributed by atoms with Crippen molar-refractivity contribution in [2.75, 3.05) is 20.8 Å². The van der Waals surface area contributed by atoms with E-state index in [2.05, 4.69) is 5.32 Å². The maximum atomic E-state index is 11.7. The highest BCUT2D eigenvalue weighted by Crippen LogP contribution is 2.31. The first-order valence-electron chi connectivity index (χ1n) is 6.90. The number of rotatable bonds is 7. The largest absolute Gasteiger partial charge is 0.493 e. The number of methoxy groups -OCH3 is 2. The Bertz CT molecular complexity index is 553. The molecule has 1 atom stereocenters. The average Bonchev–Trinajstić information content (AvgIpc) is 2.52. The number of likely N-dealkylation sites (N-methyl/N-ethyl adjacent to an activating group) is 1. The van der Waals surface area contributed by atoms with Crippen LogP contribution in [0.1, 0.15) is 19.4 Å². The van der Waals surface area contributed by atoms with Crippen molar-refractivity contribution >= 4 is 18.0 Å². The summed E-state index contributed by atoms with van der Waals surface area (Å²) < 4.78 is 15.4. The van der Waals surface area contributed by atoms with Gasteiger partial charge in [0, 0.05) is 18.2 Å². The average molecular weight is 307 g/mol. The minimum Gasteiger partial charge on any atom is -0.493 e. The summed E-state index contributed by atoms with van der Waals surface area (Å²) in [4.78, 5) is 23.2. The molecule has 0 aliphatic heterocycles. The molecule has 120 valence electrons. The van der Waals surface area contributed by atoms with E-state index in [0.717, 1.165) is 0 Å². The molecule has 0 unspecified atom stereocenters. The number of para-hydroxylation sites is 1. The van der Waals surface area contributed by atoms with Gasteiger partial charge in [0.15, 0.2) is 17.6 Å². The summed E-state index contributed by atoms with van der Waals surface area (Å²) >= 11 is 0. The number of amides is 1. The molecule has 0 saturated heterocycles. The lowest BCUT2D eigenvalue weighted by molar-refractivity contribution is -0.150. The summed E-state index contributed by atoms with van der Waals surface area (Å²) in [5, 5.41) is 2.58. The Morgan fingerprint density at radius 3 is 2.59 bits per heavy atom. The van der Waals surface area contributed by atoms with Crippen molar-refractivity contribution in [2.24, 2.45) is 0 Å². The highest BCUT2D eigenvalue weighted by atomic mass is 16.5. The molecule has 0 bridgehead atoms. The van der Waals surface area contributed by atoms with Crippen molar-refractivity contribution < 1.29 is 23.8 Å². The normalized spacial score (nSPS) is 11.8. The van der Waals surface area contributed by atoms with Crippen LogP contribution in [0, 0.1) is 0 Å². The van der Waals surface area contributed by atoms with Crippen LogP contribution in [0.2, 0.25) is 0 Å². The fourth-order valence-corrected chi connectivity index (χ4v) is 1.79. The zero-order valence-electron chi connectivity index (χ0n) is 13.2. The van der Waals surface area contributed by atoms with E-state index < -0.39 is 12.1 Å². The monoisotopic (exact) mass is 307 g/mol. The number of nitrogens with one attached hydrogen (secondary N) is 1. The first-order chi connectivity index (χ1) is 10.5. The van der Waals surface area contributed by atoms with E-state index in [4.69, 9.17) is 14.2 Å².